The summed E-state index contributed by atoms with van der Waals surface area (Å²) in [4.78, 5) is 0. The largest absolute Gasteiger partial charge is 0.330 e. The zero-order valence-electron chi connectivity index (χ0n) is 6.75. The second-order valence-corrected chi connectivity index (χ2v) is 3.26. The van der Waals surface area contributed by atoms with E-state index < -0.39 is 0 Å². The average molecular weight is 158 g/mol. The van der Waals surface area contributed by atoms with Gasteiger partial charge < -0.3 is 10.1 Å². The number of rotatable bonds is 2. The summed E-state index contributed by atoms with van der Waals surface area (Å²) in [5.74, 6) is 0. The molecule has 2 heteroatoms. The number of hydrogen-bond acceptors (Lipinski definition) is 1. The van der Waals surface area contributed by atoms with Crippen molar-refractivity contribution in [1.82, 2.24) is 4.40 Å². The molecule has 0 unspecified atom stereocenters. The molecule has 3 aromatic rings. The summed E-state index contributed by atoms with van der Waals surface area (Å²) in [5.41, 5.74) is 9.55. The number of benzene rings is 1. The Hall–Kier alpha value is -1.28. The summed E-state index contributed by atoms with van der Waals surface area (Å²) in [6, 6.07) is 6.56. The molecule has 3 rings (SSSR count). The quantitative estimate of drug-likeness (QED) is 0.601. The fourth-order valence-corrected chi connectivity index (χ4v) is 2.00. The van der Waals surface area contributed by atoms with E-state index in [1.807, 2.05) is 0 Å². The van der Waals surface area contributed by atoms with Gasteiger partial charge in [0.2, 0.25) is 0 Å². The van der Waals surface area contributed by atoms with Gasteiger partial charge in [-0.25, -0.2) is 0 Å². The molecule has 12 heavy (non-hydrogen) atoms. The first-order valence-electron chi connectivity index (χ1n) is 4.24. The summed E-state index contributed by atoms with van der Waals surface area (Å²) in [6.45, 7) is 0.739. The van der Waals surface area contributed by atoms with Crippen LogP contribution in [0.15, 0.2) is 24.4 Å². The summed E-state index contributed by atoms with van der Waals surface area (Å²) >= 11 is 0. The van der Waals surface area contributed by atoms with Crippen LogP contribution in [0, 0.1) is 0 Å². The second-order valence-electron chi connectivity index (χ2n) is 3.26. The molecule has 3 heterocycles. The van der Waals surface area contributed by atoms with Gasteiger partial charge in [-0.2, -0.15) is 0 Å². The zero-order valence-corrected chi connectivity index (χ0v) is 6.75. The molecule has 0 radical (unpaired) electrons. The molecular formula is C10H10N2. The van der Waals surface area contributed by atoms with Crippen LogP contribution < -0.4 is 5.73 Å². The van der Waals surface area contributed by atoms with Crippen LogP contribution in [0.3, 0.4) is 0 Å². The van der Waals surface area contributed by atoms with Gasteiger partial charge in [-0.15, -0.1) is 0 Å². The molecule has 4 bridgehead atoms. The van der Waals surface area contributed by atoms with Crippen molar-refractivity contribution in [3.05, 3.63) is 30.0 Å². The van der Waals surface area contributed by atoms with Gasteiger partial charge in [0.15, 0.2) is 0 Å². The zero-order chi connectivity index (χ0) is 8.13. The molecule has 0 spiro atoms. The minimum absolute atomic E-state index is 0.739. The lowest BCUT2D eigenvalue weighted by Crippen LogP contribution is -2.02. The van der Waals surface area contributed by atoms with Crippen LogP contribution >= 0.6 is 0 Å². The molecule has 0 saturated carbocycles. The summed E-state index contributed by atoms with van der Waals surface area (Å²) in [6.07, 6.45) is 3.19. The Morgan fingerprint density at radius 1 is 1.33 bits per heavy atom. The van der Waals surface area contributed by atoms with Gasteiger partial charge in [0.05, 0.1) is 5.52 Å². The van der Waals surface area contributed by atoms with Crippen LogP contribution in [-0.4, -0.2) is 10.9 Å². The van der Waals surface area contributed by atoms with Crippen LogP contribution in [0.4, 0.5) is 0 Å². The van der Waals surface area contributed by atoms with Crippen molar-refractivity contribution < 1.29 is 0 Å². The maximum Gasteiger partial charge on any atom is 0.0532 e. The van der Waals surface area contributed by atoms with Crippen molar-refractivity contribution >= 4 is 16.4 Å². The first-order chi connectivity index (χ1) is 5.90. The SMILES string of the molecule is NCCc1cn2c3ccc2c1c3. The Balaban J connectivity index is 2.33. The van der Waals surface area contributed by atoms with Crippen LogP contribution in [0.1, 0.15) is 5.56 Å². The van der Waals surface area contributed by atoms with Crippen molar-refractivity contribution in [1.29, 1.82) is 0 Å². The maximum absolute atomic E-state index is 5.52. The monoisotopic (exact) mass is 158 g/mol. The third-order valence-electron chi connectivity index (χ3n) is 2.56. The van der Waals surface area contributed by atoms with Crippen LogP contribution in [0.2, 0.25) is 0 Å². The highest BCUT2D eigenvalue weighted by Gasteiger charge is 2.11. The van der Waals surface area contributed by atoms with Gasteiger partial charge in [-0.1, -0.05) is 0 Å². The lowest BCUT2D eigenvalue weighted by atomic mass is 10.1. The van der Waals surface area contributed by atoms with Gasteiger partial charge >= 0.3 is 0 Å². The average Bonchev–Trinajstić information content (AvgIpc) is 2.70. The van der Waals surface area contributed by atoms with E-state index in [-0.39, 0.29) is 0 Å². The minimum atomic E-state index is 0.739. The fraction of sp³-hybridized carbons (Fsp3) is 0.200. The first kappa shape index (κ1) is 6.26. The third kappa shape index (κ3) is 0.551. The van der Waals surface area contributed by atoms with Crippen molar-refractivity contribution in [3.8, 4) is 0 Å². The number of aromatic nitrogens is 1. The van der Waals surface area contributed by atoms with E-state index >= 15 is 0 Å². The molecule has 0 saturated heterocycles. The number of hydrogen-bond donors (Lipinski definition) is 1. The standard InChI is InChI=1S/C10H10N2/c11-4-3-7-6-12-8-1-2-10(12)9(7)5-8/h1-2,5-6H,3-4,11H2. The van der Waals surface area contributed by atoms with E-state index in [1.54, 1.807) is 0 Å². The lowest BCUT2D eigenvalue weighted by molar-refractivity contribution is 0.972. The van der Waals surface area contributed by atoms with Gasteiger partial charge in [-0.3, -0.25) is 0 Å². The van der Waals surface area contributed by atoms with E-state index in [1.165, 1.54) is 22.0 Å². The molecular weight excluding hydrogens is 148 g/mol. The van der Waals surface area contributed by atoms with Gasteiger partial charge in [0.25, 0.3) is 0 Å². The molecule has 0 aliphatic carbocycles. The highest BCUT2D eigenvalue weighted by atomic mass is 14.9. The molecule has 2 nitrogen and oxygen atoms in total. The normalized spacial score (nSPS) is 12.4. The topological polar surface area (TPSA) is 30.4 Å². The molecule has 0 aromatic carbocycles. The highest BCUT2D eigenvalue weighted by molar-refractivity contribution is 5.94. The molecule has 60 valence electrons. The number of nitrogens with two attached hydrogens (primary N) is 1. The van der Waals surface area contributed by atoms with E-state index in [0.717, 1.165) is 13.0 Å². The Morgan fingerprint density at radius 2 is 2.25 bits per heavy atom. The molecule has 0 amide bonds. The van der Waals surface area contributed by atoms with E-state index in [4.69, 9.17) is 5.73 Å². The van der Waals surface area contributed by atoms with Crippen LogP contribution in [0.25, 0.3) is 16.4 Å². The molecule has 3 aromatic heterocycles. The Morgan fingerprint density at radius 3 is 2.92 bits per heavy atom. The predicted molar refractivity (Wildman–Crippen MR) is 50.0 cm³/mol. The van der Waals surface area contributed by atoms with Gasteiger partial charge in [0, 0.05) is 17.1 Å². The van der Waals surface area contributed by atoms with E-state index in [0.29, 0.717) is 0 Å². The Kier molecular flexibility index (Phi) is 0.991. The first-order valence-corrected chi connectivity index (χ1v) is 4.24. The van der Waals surface area contributed by atoms with Crippen LogP contribution in [-0.2, 0) is 6.42 Å². The third-order valence-corrected chi connectivity index (χ3v) is 2.56. The predicted octanol–water partition coefficient (Wildman–Crippen LogP) is 1.47. The molecule has 2 N–H and O–H groups in total. The number of pyridine rings is 1. The summed E-state index contributed by atoms with van der Waals surface area (Å²) < 4.78 is 2.24. The minimum Gasteiger partial charge on any atom is -0.330 e. The van der Waals surface area contributed by atoms with Crippen molar-refractivity contribution in [2.24, 2.45) is 5.73 Å². The molecule has 0 fully saturated rings. The van der Waals surface area contributed by atoms with Crippen LogP contribution in [0.5, 0.6) is 0 Å². The van der Waals surface area contributed by atoms with Crippen molar-refractivity contribution in [2.75, 3.05) is 6.54 Å². The van der Waals surface area contributed by atoms with E-state index in [2.05, 4.69) is 28.8 Å². The van der Waals surface area contributed by atoms with E-state index in [9.17, 15) is 0 Å². The lowest BCUT2D eigenvalue weighted by Gasteiger charge is -1.95. The summed E-state index contributed by atoms with van der Waals surface area (Å²) in [7, 11) is 0. The number of nitrogens with zero attached hydrogens (tertiary/aromatic N) is 1. The van der Waals surface area contributed by atoms with Crippen molar-refractivity contribution in [3.63, 3.8) is 0 Å². The smallest absolute Gasteiger partial charge is 0.0532 e. The summed E-state index contributed by atoms with van der Waals surface area (Å²) in [5, 5.41) is 1.39. The molecule has 0 aliphatic rings. The Bertz CT molecular complexity index is 495. The molecule has 0 aliphatic heterocycles. The van der Waals surface area contributed by atoms with Crippen molar-refractivity contribution in [2.45, 2.75) is 6.42 Å². The fourth-order valence-electron chi connectivity index (χ4n) is 2.00. The Labute approximate surface area is 70.3 Å². The van der Waals surface area contributed by atoms with Gasteiger partial charge in [0.1, 0.15) is 0 Å². The maximum atomic E-state index is 5.52. The van der Waals surface area contributed by atoms with Gasteiger partial charge in [-0.05, 0) is 36.7 Å². The highest BCUT2D eigenvalue weighted by Crippen LogP contribution is 2.29. The molecule has 0 atom stereocenters. The second kappa shape index (κ2) is 1.90.